The lowest BCUT2D eigenvalue weighted by atomic mass is 10.1. The van der Waals surface area contributed by atoms with Crippen molar-refractivity contribution in [2.75, 3.05) is 14.2 Å². The van der Waals surface area contributed by atoms with E-state index in [1.165, 1.54) is 7.11 Å². The molecule has 1 fully saturated rings. The molecule has 5 heteroatoms. The fourth-order valence-corrected chi connectivity index (χ4v) is 2.46. The van der Waals surface area contributed by atoms with Gasteiger partial charge in [-0.15, -0.1) is 0 Å². The normalized spacial score (nSPS) is 22.4. The van der Waals surface area contributed by atoms with Crippen molar-refractivity contribution in [3.63, 3.8) is 0 Å². The van der Waals surface area contributed by atoms with E-state index in [2.05, 4.69) is 10.3 Å². The monoisotopic (exact) mass is 264 g/mol. The lowest BCUT2D eigenvalue weighted by Crippen LogP contribution is -2.28. The molecular formula is C14H20N2O3. The molecular weight excluding hydrogens is 244 g/mol. The highest BCUT2D eigenvalue weighted by atomic mass is 16.5. The maximum atomic E-state index is 11.6. The van der Waals surface area contributed by atoms with Crippen molar-refractivity contribution in [2.24, 2.45) is 0 Å². The molecule has 1 aliphatic carbocycles. The molecule has 0 radical (unpaired) electrons. The Balaban J connectivity index is 1.94. The molecule has 2 atom stereocenters. The van der Waals surface area contributed by atoms with Crippen LogP contribution in [0.4, 0.5) is 0 Å². The summed E-state index contributed by atoms with van der Waals surface area (Å²) in [6.45, 7) is 0.576. The molecule has 2 rings (SSSR count). The van der Waals surface area contributed by atoms with Crippen LogP contribution in [0.25, 0.3) is 0 Å². The molecule has 1 N–H and O–H groups in total. The van der Waals surface area contributed by atoms with Crippen LogP contribution in [-0.2, 0) is 16.0 Å². The number of hydrogen-bond acceptors (Lipinski definition) is 5. The minimum atomic E-state index is -0.342. The first-order valence-electron chi connectivity index (χ1n) is 6.53. The molecule has 0 aliphatic heterocycles. The molecule has 1 aromatic heterocycles. The number of carbonyl (C=O) groups is 1. The van der Waals surface area contributed by atoms with E-state index in [4.69, 9.17) is 9.47 Å². The average Bonchev–Trinajstić information content (AvgIpc) is 2.92. The number of pyridine rings is 1. The smallest absolute Gasteiger partial charge is 0.339 e. The predicted octanol–water partition coefficient (Wildman–Crippen LogP) is 1.53. The Bertz CT molecular complexity index is 436. The zero-order valence-corrected chi connectivity index (χ0v) is 11.4. The minimum Gasteiger partial charge on any atom is -0.465 e. The third kappa shape index (κ3) is 3.52. The summed E-state index contributed by atoms with van der Waals surface area (Å²) in [6, 6.07) is 3.91. The van der Waals surface area contributed by atoms with Gasteiger partial charge in [0.1, 0.15) is 0 Å². The van der Waals surface area contributed by atoms with E-state index in [1.807, 2.05) is 0 Å². The number of carbonyl (C=O) groups excluding carboxylic acids is 1. The van der Waals surface area contributed by atoms with Gasteiger partial charge in [-0.2, -0.15) is 0 Å². The van der Waals surface area contributed by atoms with Gasteiger partial charge in [-0.3, -0.25) is 4.98 Å². The van der Waals surface area contributed by atoms with Crippen LogP contribution in [0.1, 0.15) is 35.3 Å². The number of hydrogen-bond donors (Lipinski definition) is 1. The van der Waals surface area contributed by atoms with Crippen molar-refractivity contribution in [3.8, 4) is 0 Å². The average molecular weight is 264 g/mol. The van der Waals surface area contributed by atoms with Crippen LogP contribution in [0, 0.1) is 0 Å². The van der Waals surface area contributed by atoms with Gasteiger partial charge < -0.3 is 14.8 Å². The zero-order valence-electron chi connectivity index (χ0n) is 11.4. The van der Waals surface area contributed by atoms with Crippen LogP contribution >= 0.6 is 0 Å². The molecule has 0 saturated heterocycles. The molecule has 0 bridgehead atoms. The van der Waals surface area contributed by atoms with Crippen molar-refractivity contribution in [1.82, 2.24) is 10.3 Å². The number of rotatable bonds is 5. The van der Waals surface area contributed by atoms with Crippen molar-refractivity contribution >= 4 is 5.97 Å². The second kappa shape index (κ2) is 6.63. The van der Waals surface area contributed by atoms with Crippen molar-refractivity contribution in [2.45, 2.75) is 38.0 Å². The molecule has 19 heavy (non-hydrogen) atoms. The van der Waals surface area contributed by atoms with Crippen molar-refractivity contribution in [3.05, 3.63) is 29.6 Å². The Labute approximate surface area is 113 Å². The van der Waals surface area contributed by atoms with Crippen LogP contribution < -0.4 is 5.32 Å². The maximum absolute atomic E-state index is 11.6. The van der Waals surface area contributed by atoms with Gasteiger partial charge in [0.25, 0.3) is 0 Å². The number of esters is 1. The number of methoxy groups -OCH3 is 2. The summed E-state index contributed by atoms with van der Waals surface area (Å²) < 4.78 is 10.1. The van der Waals surface area contributed by atoms with Gasteiger partial charge in [0.15, 0.2) is 0 Å². The van der Waals surface area contributed by atoms with Crippen molar-refractivity contribution < 1.29 is 14.3 Å². The Kier molecular flexibility index (Phi) is 4.87. The Morgan fingerprint density at radius 1 is 1.47 bits per heavy atom. The summed E-state index contributed by atoms with van der Waals surface area (Å²) in [5, 5.41) is 3.43. The van der Waals surface area contributed by atoms with E-state index in [0.717, 1.165) is 25.0 Å². The highest BCUT2D eigenvalue weighted by molar-refractivity contribution is 5.90. The van der Waals surface area contributed by atoms with Crippen LogP contribution in [0.5, 0.6) is 0 Å². The first kappa shape index (κ1) is 14.0. The Morgan fingerprint density at radius 3 is 3.00 bits per heavy atom. The molecule has 0 aromatic carbocycles. The van der Waals surface area contributed by atoms with E-state index < -0.39 is 0 Å². The second-order valence-corrected chi connectivity index (χ2v) is 4.74. The Hall–Kier alpha value is -1.46. The van der Waals surface area contributed by atoms with Crippen LogP contribution in [-0.4, -0.2) is 37.3 Å². The number of ether oxygens (including phenoxy) is 2. The molecule has 1 aliphatic rings. The highest BCUT2D eigenvalue weighted by Gasteiger charge is 2.24. The summed E-state index contributed by atoms with van der Waals surface area (Å²) in [6.07, 6.45) is 5.23. The molecule has 1 saturated carbocycles. The van der Waals surface area contributed by atoms with Gasteiger partial charge in [-0.25, -0.2) is 4.79 Å². The van der Waals surface area contributed by atoms with Gasteiger partial charge >= 0.3 is 5.97 Å². The van der Waals surface area contributed by atoms with Gasteiger partial charge in [-0.1, -0.05) is 0 Å². The van der Waals surface area contributed by atoms with Gasteiger partial charge in [0.05, 0.1) is 24.5 Å². The standard InChI is InChI=1S/C14H20N2O3/c1-18-11-6-5-10(8-11)16-9-13-12(14(17)19-2)4-3-7-15-13/h3-4,7,10-11,16H,5-6,8-9H2,1-2H3. The first-order chi connectivity index (χ1) is 9.24. The summed E-state index contributed by atoms with van der Waals surface area (Å²) >= 11 is 0. The zero-order chi connectivity index (χ0) is 13.7. The van der Waals surface area contributed by atoms with Gasteiger partial charge in [0, 0.05) is 25.9 Å². The molecule has 0 spiro atoms. The first-order valence-corrected chi connectivity index (χ1v) is 6.53. The van der Waals surface area contributed by atoms with E-state index in [0.29, 0.717) is 24.3 Å². The maximum Gasteiger partial charge on any atom is 0.339 e. The van der Waals surface area contributed by atoms with Crippen LogP contribution in [0.3, 0.4) is 0 Å². The highest BCUT2D eigenvalue weighted by Crippen LogP contribution is 2.21. The molecule has 1 heterocycles. The minimum absolute atomic E-state index is 0.342. The number of nitrogens with zero attached hydrogens (tertiary/aromatic N) is 1. The van der Waals surface area contributed by atoms with Gasteiger partial charge in [0.2, 0.25) is 0 Å². The largest absolute Gasteiger partial charge is 0.465 e. The van der Waals surface area contributed by atoms with E-state index in [9.17, 15) is 4.79 Å². The van der Waals surface area contributed by atoms with E-state index >= 15 is 0 Å². The summed E-state index contributed by atoms with van der Waals surface area (Å²) in [7, 11) is 3.13. The molecule has 0 amide bonds. The molecule has 1 aromatic rings. The fourth-order valence-electron chi connectivity index (χ4n) is 2.46. The third-order valence-electron chi connectivity index (χ3n) is 3.57. The lowest BCUT2D eigenvalue weighted by Gasteiger charge is -2.13. The SMILES string of the molecule is COC(=O)c1cccnc1CNC1CCC(OC)C1. The molecule has 104 valence electrons. The number of nitrogens with one attached hydrogen (secondary N) is 1. The molecule has 5 nitrogen and oxygen atoms in total. The van der Waals surface area contributed by atoms with E-state index in [1.54, 1.807) is 25.4 Å². The summed E-state index contributed by atoms with van der Waals surface area (Å²) in [5.74, 6) is -0.342. The quantitative estimate of drug-likeness (QED) is 0.817. The van der Waals surface area contributed by atoms with Gasteiger partial charge in [-0.05, 0) is 31.4 Å². The predicted molar refractivity (Wildman–Crippen MR) is 70.9 cm³/mol. The van der Waals surface area contributed by atoms with Crippen LogP contribution in [0.2, 0.25) is 0 Å². The van der Waals surface area contributed by atoms with E-state index in [-0.39, 0.29) is 5.97 Å². The third-order valence-corrected chi connectivity index (χ3v) is 3.57. The fraction of sp³-hybridized carbons (Fsp3) is 0.571. The molecule has 2 unspecified atom stereocenters. The van der Waals surface area contributed by atoms with Crippen molar-refractivity contribution in [1.29, 1.82) is 0 Å². The topological polar surface area (TPSA) is 60.5 Å². The Morgan fingerprint density at radius 2 is 2.32 bits per heavy atom. The number of aromatic nitrogens is 1. The summed E-state index contributed by atoms with van der Waals surface area (Å²) in [5.41, 5.74) is 1.26. The summed E-state index contributed by atoms with van der Waals surface area (Å²) in [4.78, 5) is 15.9. The second-order valence-electron chi connectivity index (χ2n) is 4.74. The lowest BCUT2D eigenvalue weighted by molar-refractivity contribution is 0.0598. The van der Waals surface area contributed by atoms with Crippen LogP contribution in [0.15, 0.2) is 18.3 Å².